The van der Waals surface area contributed by atoms with Gasteiger partial charge in [-0.05, 0) is 53.2 Å². The van der Waals surface area contributed by atoms with Gasteiger partial charge in [-0.15, -0.1) is 0 Å². The van der Waals surface area contributed by atoms with Crippen LogP contribution in [0.25, 0.3) is 0 Å². The number of nitrogens with zero attached hydrogens (tertiary/aromatic N) is 1. The summed E-state index contributed by atoms with van der Waals surface area (Å²) in [4.78, 5) is 15.6. The molecule has 1 aromatic heterocycles. The summed E-state index contributed by atoms with van der Waals surface area (Å²) >= 11 is 3.30. The van der Waals surface area contributed by atoms with E-state index in [0.29, 0.717) is 23.8 Å². The number of ether oxygens (including phenoxy) is 2. The molecule has 0 aliphatic heterocycles. The van der Waals surface area contributed by atoms with Crippen molar-refractivity contribution in [3.63, 3.8) is 0 Å². The van der Waals surface area contributed by atoms with Gasteiger partial charge in [-0.1, -0.05) is 0 Å². The first-order valence-electron chi connectivity index (χ1n) is 5.75. The highest BCUT2D eigenvalue weighted by atomic mass is 79.9. The van der Waals surface area contributed by atoms with Crippen molar-refractivity contribution in [2.45, 2.75) is 6.92 Å². The van der Waals surface area contributed by atoms with Crippen LogP contribution in [0.3, 0.4) is 0 Å². The van der Waals surface area contributed by atoms with Crippen molar-refractivity contribution in [3.8, 4) is 11.6 Å². The number of rotatable bonds is 4. The number of esters is 1. The maximum Gasteiger partial charge on any atom is 0.338 e. The second-order valence-corrected chi connectivity index (χ2v) is 4.58. The number of halogens is 1. The smallest absolute Gasteiger partial charge is 0.338 e. The van der Waals surface area contributed by atoms with Gasteiger partial charge in [-0.25, -0.2) is 9.78 Å². The van der Waals surface area contributed by atoms with Gasteiger partial charge in [0.05, 0.1) is 12.2 Å². The molecular weight excluding hydrogens is 310 g/mol. The fraction of sp³-hybridized carbons (Fsp3) is 0.143. The maximum absolute atomic E-state index is 11.5. The van der Waals surface area contributed by atoms with Crippen LogP contribution in [0.4, 0.5) is 0 Å². The molecule has 98 valence electrons. The molecule has 0 aliphatic rings. The Bertz CT molecular complexity index is 552. The Balaban J connectivity index is 2.06. The number of pyridine rings is 1. The first kappa shape index (κ1) is 13.5. The van der Waals surface area contributed by atoms with Gasteiger partial charge in [0.25, 0.3) is 0 Å². The summed E-state index contributed by atoms with van der Waals surface area (Å²) < 4.78 is 11.3. The lowest BCUT2D eigenvalue weighted by Crippen LogP contribution is -2.04. The molecule has 0 amide bonds. The van der Waals surface area contributed by atoms with E-state index in [0.717, 1.165) is 4.47 Å². The number of carbonyl (C=O) groups excluding carboxylic acids is 1. The maximum atomic E-state index is 11.5. The topological polar surface area (TPSA) is 48.4 Å². The van der Waals surface area contributed by atoms with Crippen LogP contribution in [0.1, 0.15) is 17.3 Å². The largest absolute Gasteiger partial charge is 0.462 e. The summed E-state index contributed by atoms with van der Waals surface area (Å²) in [6.07, 6.45) is 1.66. The van der Waals surface area contributed by atoms with Crippen LogP contribution in [-0.2, 0) is 4.74 Å². The zero-order chi connectivity index (χ0) is 13.7. The van der Waals surface area contributed by atoms with Crippen LogP contribution in [0.2, 0.25) is 0 Å². The molecule has 0 bridgehead atoms. The van der Waals surface area contributed by atoms with Crippen molar-refractivity contribution < 1.29 is 14.3 Å². The van der Waals surface area contributed by atoms with Gasteiger partial charge >= 0.3 is 5.97 Å². The lowest BCUT2D eigenvalue weighted by Gasteiger charge is -2.05. The quantitative estimate of drug-likeness (QED) is 0.803. The van der Waals surface area contributed by atoms with E-state index in [2.05, 4.69) is 20.9 Å². The summed E-state index contributed by atoms with van der Waals surface area (Å²) in [5.74, 6) is 0.769. The van der Waals surface area contributed by atoms with Crippen molar-refractivity contribution in [1.82, 2.24) is 4.98 Å². The summed E-state index contributed by atoms with van der Waals surface area (Å²) in [5, 5.41) is 0. The van der Waals surface area contributed by atoms with Gasteiger partial charge < -0.3 is 9.47 Å². The first-order valence-corrected chi connectivity index (χ1v) is 6.55. The van der Waals surface area contributed by atoms with Crippen LogP contribution in [-0.4, -0.2) is 17.6 Å². The average molecular weight is 322 g/mol. The summed E-state index contributed by atoms with van der Waals surface area (Å²) in [6, 6.07) is 10.3. The molecule has 5 heteroatoms. The zero-order valence-electron chi connectivity index (χ0n) is 10.3. The van der Waals surface area contributed by atoms with Gasteiger partial charge in [0.2, 0.25) is 5.88 Å². The van der Waals surface area contributed by atoms with Crippen molar-refractivity contribution in [3.05, 3.63) is 52.6 Å². The fourth-order valence-corrected chi connectivity index (χ4v) is 1.65. The molecule has 0 saturated heterocycles. The standard InChI is InChI=1S/C14H12BrNO3/c1-2-18-14(17)10-3-6-12(7-4-10)19-13-8-5-11(15)9-16-13/h3-9H,2H2,1H3. The Morgan fingerprint density at radius 3 is 2.53 bits per heavy atom. The van der Waals surface area contributed by atoms with E-state index in [1.807, 2.05) is 6.07 Å². The van der Waals surface area contributed by atoms with Crippen LogP contribution in [0.15, 0.2) is 47.1 Å². The van der Waals surface area contributed by atoms with E-state index in [4.69, 9.17) is 9.47 Å². The SMILES string of the molecule is CCOC(=O)c1ccc(Oc2ccc(Br)cn2)cc1. The molecule has 0 saturated carbocycles. The number of carbonyl (C=O) groups is 1. The van der Waals surface area contributed by atoms with Crippen LogP contribution >= 0.6 is 15.9 Å². The summed E-state index contributed by atoms with van der Waals surface area (Å²) in [7, 11) is 0. The predicted molar refractivity (Wildman–Crippen MR) is 74.4 cm³/mol. The molecule has 1 heterocycles. The number of aromatic nitrogens is 1. The van der Waals surface area contributed by atoms with Gasteiger partial charge in [0, 0.05) is 16.7 Å². The van der Waals surface area contributed by atoms with Crippen molar-refractivity contribution in [1.29, 1.82) is 0 Å². The molecule has 0 N–H and O–H groups in total. The monoisotopic (exact) mass is 321 g/mol. The lowest BCUT2D eigenvalue weighted by molar-refractivity contribution is 0.0526. The van der Waals surface area contributed by atoms with Crippen LogP contribution in [0.5, 0.6) is 11.6 Å². The Hall–Kier alpha value is -1.88. The third-order valence-electron chi connectivity index (χ3n) is 2.29. The third-order valence-corrected chi connectivity index (χ3v) is 2.76. The Kier molecular flexibility index (Phi) is 4.52. The van der Waals surface area contributed by atoms with Gasteiger partial charge in [-0.3, -0.25) is 0 Å². The molecule has 0 spiro atoms. The van der Waals surface area contributed by atoms with Crippen molar-refractivity contribution in [2.75, 3.05) is 6.61 Å². The highest BCUT2D eigenvalue weighted by Crippen LogP contribution is 2.21. The van der Waals surface area contributed by atoms with Gasteiger partial charge in [0.15, 0.2) is 0 Å². The van der Waals surface area contributed by atoms with Crippen molar-refractivity contribution >= 4 is 21.9 Å². The van der Waals surface area contributed by atoms with E-state index >= 15 is 0 Å². The average Bonchev–Trinajstić information content (AvgIpc) is 2.42. The molecule has 2 aromatic rings. The number of hydrogen-bond acceptors (Lipinski definition) is 4. The molecular formula is C14H12BrNO3. The first-order chi connectivity index (χ1) is 9.19. The minimum absolute atomic E-state index is 0.337. The number of hydrogen-bond donors (Lipinski definition) is 0. The molecule has 0 atom stereocenters. The molecule has 0 fully saturated rings. The molecule has 2 rings (SSSR count). The highest BCUT2D eigenvalue weighted by molar-refractivity contribution is 9.10. The van der Waals surface area contributed by atoms with Crippen LogP contribution < -0.4 is 4.74 Å². The number of benzene rings is 1. The van der Waals surface area contributed by atoms with E-state index in [-0.39, 0.29) is 5.97 Å². The Labute approximate surface area is 119 Å². The second kappa shape index (κ2) is 6.33. The molecule has 19 heavy (non-hydrogen) atoms. The van der Waals surface area contributed by atoms with E-state index < -0.39 is 0 Å². The Morgan fingerprint density at radius 2 is 1.95 bits per heavy atom. The van der Waals surface area contributed by atoms with E-state index in [1.54, 1.807) is 43.5 Å². The van der Waals surface area contributed by atoms with E-state index in [1.165, 1.54) is 0 Å². The summed E-state index contributed by atoms with van der Waals surface area (Å²) in [5.41, 5.74) is 0.498. The predicted octanol–water partition coefficient (Wildman–Crippen LogP) is 3.81. The summed E-state index contributed by atoms with van der Waals surface area (Å²) in [6.45, 7) is 2.13. The normalized spacial score (nSPS) is 10.0. The molecule has 1 aromatic carbocycles. The molecule has 4 nitrogen and oxygen atoms in total. The Morgan fingerprint density at radius 1 is 1.21 bits per heavy atom. The highest BCUT2D eigenvalue weighted by Gasteiger charge is 2.06. The van der Waals surface area contributed by atoms with Gasteiger partial charge in [-0.2, -0.15) is 0 Å². The van der Waals surface area contributed by atoms with E-state index in [9.17, 15) is 4.79 Å². The molecule has 0 radical (unpaired) electrons. The van der Waals surface area contributed by atoms with Crippen molar-refractivity contribution in [2.24, 2.45) is 0 Å². The minimum atomic E-state index is -0.337. The zero-order valence-corrected chi connectivity index (χ0v) is 11.9. The molecule has 0 aliphatic carbocycles. The second-order valence-electron chi connectivity index (χ2n) is 3.66. The third kappa shape index (κ3) is 3.79. The lowest BCUT2D eigenvalue weighted by atomic mass is 10.2. The van der Waals surface area contributed by atoms with Gasteiger partial charge in [0.1, 0.15) is 5.75 Å². The fourth-order valence-electron chi connectivity index (χ4n) is 1.42. The molecule has 0 unspecified atom stereocenters. The van der Waals surface area contributed by atoms with Crippen LogP contribution in [0, 0.1) is 0 Å². The minimum Gasteiger partial charge on any atom is -0.462 e.